The molecule has 148 valence electrons. The lowest BCUT2D eigenvalue weighted by Crippen LogP contribution is -2.52. The third kappa shape index (κ3) is 4.76. The molecule has 1 aliphatic rings. The molecule has 2 aromatic heterocycles. The van der Waals surface area contributed by atoms with Crippen molar-refractivity contribution in [3.05, 3.63) is 66.6 Å². The molecular weight excluding hydrogens is 463 g/mol. The highest BCUT2D eigenvalue weighted by molar-refractivity contribution is 14.0. The second kappa shape index (κ2) is 9.77. The third-order valence-electron chi connectivity index (χ3n) is 4.99. The highest BCUT2D eigenvalue weighted by atomic mass is 127. The minimum absolute atomic E-state index is 0. The number of guanidine groups is 1. The summed E-state index contributed by atoms with van der Waals surface area (Å²) >= 11 is 0. The Hall–Kier alpha value is -2.29. The van der Waals surface area contributed by atoms with Gasteiger partial charge in [0, 0.05) is 64.3 Å². The van der Waals surface area contributed by atoms with Crippen molar-refractivity contribution in [3.63, 3.8) is 0 Å². The maximum Gasteiger partial charge on any atom is 0.193 e. The summed E-state index contributed by atoms with van der Waals surface area (Å²) < 4.78 is 2.06. The molecule has 1 fully saturated rings. The number of fused-ring (bicyclic) bond motifs is 1. The number of halogens is 1. The van der Waals surface area contributed by atoms with E-state index in [4.69, 9.17) is 0 Å². The number of hydrogen-bond donors (Lipinski definition) is 1. The molecule has 7 heteroatoms. The van der Waals surface area contributed by atoms with Gasteiger partial charge >= 0.3 is 0 Å². The second-order valence-corrected chi connectivity index (χ2v) is 6.73. The van der Waals surface area contributed by atoms with Crippen LogP contribution in [0.15, 0.2) is 65.9 Å². The number of aliphatic imine (C=N–C) groups is 1. The molecular formula is C21H27IN6. The average molecular weight is 490 g/mol. The van der Waals surface area contributed by atoms with Gasteiger partial charge in [0.25, 0.3) is 0 Å². The van der Waals surface area contributed by atoms with E-state index in [0.717, 1.165) is 56.4 Å². The van der Waals surface area contributed by atoms with Gasteiger partial charge in [-0.3, -0.25) is 4.99 Å². The predicted molar refractivity (Wildman–Crippen MR) is 126 cm³/mol. The van der Waals surface area contributed by atoms with Crippen LogP contribution in [0.5, 0.6) is 0 Å². The summed E-state index contributed by atoms with van der Waals surface area (Å²) in [6.45, 7) is 4.80. The van der Waals surface area contributed by atoms with Gasteiger partial charge < -0.3 is 19.5 Å². The van der Waals surface area contributed by atoms with Crippen LogP contribution in [0.4, 0.5) is 5.69 Å². The van der Waals surface area contributed by atoms with Gasteiger partial charge in [0.05, 0.1) is 5.69 Å². The summed E-state index contributed by atoms with van der Waals surface area (Å²) in [5.74, 6) is 0.978. The van der Waals surface area contributed by atoms with Gasteiger partial charge in [0.1, 0.15) is 5.65 Å². The zero-order valence-electron chi connectivity index (χ0n) is 16.2. The maximum absolute atomic E-state index is 4.65. The van der Waals surface area contributed by atoms with Crippen molar-refractivity contribution in [1.82, 2.24) is 19.6 Å². The van der Waals surface area contributed by atoms with Crippen LogP contribution in [0, 0.1) is 0 Å². The Morgan fingerprint density at radius 2 is 1.79 bits per heavy atom. The number of rotatable bonds is 4. The van der Waals surface area contributed by atoms with E-state index in [9.17, 15) is 0 Å². The van der Waals surface area contributed by atoms with Gasteiger partial charge in [-0.2, -0.15) is 0 Å². The van der Waals surface area contributed by atoms with Crippen molar-refractivity contribution >= 4 is 41.3 Å². The van der Waals surface area contributed by atoms with E-state index in [1.165, 1.54) is 5.69 Å². The fraction of sp³-hybridized carbons (Fsp3) is 0.333. The number of pyridine rings is 1. The molecule has 1 aliphatic heterocycles. The lowest BCUT2D eigenvalue weighted by molar-refractivity contribution is 0.373. The summed E-state index contributed by atoms with van der Waals surface area (Å²) in [6.07, 6.45) is 5.01. The molecule has 4 rings (SSSR count). The summed E-state index contributed by atoms with van der Waals surface area (Å²) in [6, 6.07) is 16.7. The fourth-order valence-electron chi connectivity index (χ4n) is 3.56. The zero-order chi connectivity index (χ0) is 18.5. The van der Waals surface area contributed by atoms with Crippen molar-refractivity contribution in [1.29, 1.82) is 0 Å². The van der Waals surface area contributed by atoms with Gasteiger partial charge in [0.15, 0.2) is 5.96 Å². The molecule has 0 aliphatic carbocycles. The first-order chi connectivity index (χ1) is 13.3. The van der Waals surface area contributed by atoms with E-state index >= 15 is 0 Å². The van der Waals surface area contributed by atoms with Crippen molar-refractivity contribution in [3.8, 4) is 0 Å². The number of benzene rings is 1. The summed E-state index contributed by atoms with van der Waals surface area (Å²) in [4.78, 5) is 13.9. The highest BCUT2D eigenvalue weighted by Gasteiger charge is 2.19. The van der Waals surface area contributed by atoms with Gasteiger partial charge in [0.2, 0.25) is 0 Å². The average Bonchev–Trinajstić information content (AvgIpc) is 3.15. The molecule has 0 unspecified atom stereocenters. The molecule has 3 heterocycles. The van der Waals surface area contributed by atoms with Gasteiger partial charge in [-0.15, -0.1) is 24.0 Å². The minimum atomic E-state index is 0. The highest BCUT2D eigenvalue weighted by Crippen LogP contribution is 2.15. The number of nitrogens with zero attached hydrogens (tertiary/aromatic N) is 5. The van der Waals surface area contributed by atoms with E-state index in [-0.39, 0.29) is 24.0 Å². The van der Waals surface area contributed by atoms with Gasteiger partial charge in [-0.05, 0) is 24.3 Å². The van der Waals surface area contributed by atoms with Crippen molar-refractivity contribution in [2.75, 3.05) is 44.7 Å². The summed E-state index contributed by atoms with van der Waals surface area (Å²) in [5.41, 5.74) is 3.39. The lowest BCUT2D eigenvalue weighted by atomic mass is 10.2. The predicted octanol–water partition coefficient (Wildman–Crippen LogP) is 2.89. The van der Waals surface area contributed by atoms with E-state index in [0.29, 0.717) is 0 Å². The lowest BCUT2D eigenvalue weighted by Gasteiger charge is -2.37. The molecule has 0 radical (unpaired) electrons. The molecule has 0 amide bonds. The molecule has 0 atom stereocenters. The number of aromatic nitrogens is 2. The van der Waals surface area contributed by atoms with Crippen LogP contribution in [0.3, 0.4) is 0 Å². The van der Waals surface area contributed by atoms with Crippen LogP contribution < -0.4 is 10.2 Å². The third-order valence-corrected chi connectivity index (χ3v) is 4.99. The standard InChI is InChI=1S/C21H26N6.HI/c1-22-21(23-11-10-18-17-27-12-6-5-9-20(27)24-18)26-15-13-25(14-16-26)19-7-3-2-4-8-19;/h2-9,12,17H,10-11,13-16H2,1H3,(H,22,23);1H. The van der Waals surface area contributed by atoms with Crippen LogP contribution >= 0.6 is 24.0 Å². The second-order valence-electron chi connectivity index (χ2n) is 6.73. The topological polar surface area (TPSA) is 48.2 Å². The molecule has 1 aromatic carbocycles. The molecule has 0 bridgehead atoms. The first-order valence-corrected chi connectivity index (χ1v) is 9.52. The first kappa shape index (κ1) is 20.4. The smallest absolute Gasteiger partial charge is 0.193 e. The van der Waals surface area contributed by atoms with E-state index in [1.54, 1.807) is 0 Å². The van der Waals surface area contributed by atoms with Crippen LogP contribution in [-0.4, -0.2) is 60.0 Å². The molecule has 0 saturated carbocycles. The quantitative estimate of drug-likeness (QED) is 0.347. The molecule has 6 nitrogen and oxygen atoms in total. The van der Waals surface area contributed by atoms with Crippen molar-refractivity contribution in [2.24, 2.45) is 4.99 Å². The van der Waals surface area contributed by atoms with Gasteiger partial charge in [-0.1, -0.05) is 24.3 Å². The van der Waals surface area contributed by atoms with Crippen LogP contribution in [0.1, 0.15) is 5.69 Å². The normalized spacial score (nSPS) is 14.8. The molecule has 0 spiro atoms. The largest absolute Gasteiger partial charge is 0.368 e. The Kier molecular flexibility index (Phi) is 7.13. The molecule has 3 aromatic rings. The van der Waals surface area contributed by atoms with Gasteiger partial charge in [-0.25, -0.2) is 4.98 Å². The van der Waals surface area contributed by atoms with Crippen molar-refractivity contribution in [2.45, 2.75) is 6.42 Å². The fourth-order valence-corrected chi connectivity index (χ4v) is 3.56. The van der Waals surface area contributed by atoms with Crippen LogP contribution in [0.2, 0.25) is 0 Å². The van der Waals surface area contributed by atoms with Crippen LogP contribution in [-0.2, 0) is 6.42 Å². The molecule has 1 saturated heterocycles. The zero-order valence-corrected chi connectivity index (χ0v) is 18.5. The number of anilines is 1. The number of piperazine rings is 1. The first-order valence-electron chi connectivity index (χ1n) is 9.52. The van der Waals surface area contributed by atoms with Crippen molar-refractivity contribution < 1.29 is 0 Å². The minimum Gasteiger partial charge on any atom is -0.368 e. The Bertz CT molecular complexity index is 866. The molecule has 28 heavy (non-hydrogen) atoms. The Morgan fingerprint density at radius 1 is 1.04 bits per heavy atom. The van der Waals surface area contributed by atoms with Crippen LogP contribution in [0.25, 0.3) is 5.65 Å². The monoisotopic (exact) mass is 490 g/mol. The SMILES string of the molecule is CN=C(NCCc1cn2ccccc2n1)N1CCN(c2ccccc2)CC1.I. The van der Waals surface area contributed by atoms with E-state index < -0.39 is 0 Å². The number of para-hydroxylation sites is 1. The number of nitrogens with one attached hydrogen (secondary N) is 1. The summed E-state index contributed by atoms with van der Waals surface area (Å²) in [5, 5.41) is 3.49. The maximum atomic E-state index is 4.65. The number of imidazole rings is 1. The van der Waals surface area contributed by atoms with E-state index in [1.807, 2.05) is 31.4 Å². The Morgan fingerprint density at radius 3 is 2.50 bits per heavy atom. The Labute approximate surface area is 183 Å². The molecule has 1 N–H and O–H groups in total. The summed E-state index contributed by atoms with van der Waals surface area (Å²) in [7, 11) is 1.86. The number of hydrogen-bond acceptors (Lipinski definition) is 3. The Balaban J connectivity index is 0.00000225. The van der Waals surface area contributed by atoms with E-state index in [2.05, 4.69) is 66.0 Å².